The number of hydrogen-bond donors (Lipinski definition) is 1. The Labute approximate surface area is 202 Å². The normalized spacial score (nSPS) is 14.8. The maximum atomic E-state index is 12.1. The van der Waals surface area contributed by atoms with E-state index >= 15 is 0 Å². The Morgan fingerprint density at radius 3 is 2.32 bits per heavy atom. The number of amides is 1. The summed E-state index contributed by atoms with van der Waals surface area (Å²) >= 11 is 0. The number of hydrogen-bond acceptors (Lipinski definition) is 6. The van der Waals surface area contributed by atoms with Crippen LogP contribution in [0.4, 0.5) is 0 Å². The van der Waals surface area contributed by atoms with Crippen LogP contribution in [0.25, 0.3) is 11.5 Å². The Morgan fingerprint density at radius 2 is 1.56 bits per heavy atom. The molecule has 3 aromatic rings. The van der Waals surface area contributed by atoms with Gasteiger partial charge in [-0.2, -0.15) is 0 Å². The molecule has 0 bridgehead atoms. The van der Waals surface area contributed by atoms with Crippen molar-refractivity contribution < 1.29 is 9.21 Å². The molecule has 180 valence electrons. The molecule has 0 saturated carbocycles. The summed E-state index contributed by atoms with van der Waals surface area (Å²) in [6.45, 7) is 7.39. The highest BCUT2D eigenvalue weighted by atomic mass is 16.4. The molecule has 1 saturated heterocycles. The number of aryl methyl sites for hydroxylation is 1. The Hall–Kier alpha value is -3.03. The number of rotatable bonds is 12. The van der Waals surface area contributed by atoms with Gasteiger partial charge in [0.2, 0.25) is 17.7 Å². The number of carbonyl (C=O) groups is 1. The third-order valence-electron chi connectivity index (χ3n) is 6.22. The lowest BCUT2D eigenvalue weighted by molar-refractivity contribution is -0.121. The summed E-state index contributed by atoms with van der Waals surface area (Å²) in [5.41, 5.74) is 2.30. The minimum atomic E-state index is 0.0947. The molecular weight excluding hydrogens is 426 g/mol. The first-order valence-electron chi connectivity index (χ1n) is 12.4. The van der Waals surface area contributed by atoms with Gasteiger partial charge in [0.1, 0.15) is 0 Å². The summed E-state index contributed by atoms with van der Waals surface area (Å²) in [4.78, 5) is 17.2. The molecule has 2 aromatic carbocycles. The van der Waals surface area contributed by atoms with Crippen molar-refractivity contribution in [1.29, 1.82) is 0 Å². The maximum absolute atomic E-state index is 12.1. The molecule has 0 spiro atoms. The van der Waals surface area contributed by atoms with Crippen LogP contribution in [0.3, 0.4) is 0 Å². The van der Waals surface area contributed by atoms with Crippen molar-refractivity contribution in [3.8, 4) is 11.5 Å². The Balaban J connectivity index is 1.02. The van der Waals surface area contributed by atoms with Gasteiger partial charge in [0, 0.05) is 57.7 Å². The van der Waals surface area contributed by atoms with E-state index in [2.05, 4.69) is 55.6 Å². The topological polar surface area (TPSA) is 74.5 Å². The molecule has 2 heterocycles. The quantitative estimate of drug-likeness (QED) is 0.414. The lowest BCUT2D eigenvalue weighted by Crippen LogP contribution is -2.46. The highest BCUT2D eigenvalue weighted by Crippen LogP contribution is 2.17. The van der Waals surface area contributed by atoms with Crippen LogP contribution in [0.1, 0.15) is 37.1 Å². The van der Waals surface area contributed by atoms with Crippen LogP contribution in [0.5, 0.6) is 0 Å². The van der Waals surface area contributed by atoms with Crippen LogP contribution in [0.2, 0.25) is 0 Å². The van der Waals surface area contributed by atoms with Gasteiger partial charge in [-0.3, -0.25) is 9.69 Å². The molecule has 34 heavy (non-hydrogen) atoms. The first-order valence-corrected chi connectivity index (χ1v) is 12.4. The minimum absolute atomic E-state index is 0.0947. The van der Waals surface area contributed by atoms with Gasteiger partial charge in [0.15, 0.2) is 0 Å². The maximum Gasteiger partial charge on any atom is 0.247 e. The number of aromatic nitrogens is 2. The Morgan fingerprint density at radius 1 is 0.853 bits per heavy atom. The molecule has 1 fully saturated rings. The molecule has 0 radical (unpaired) electrons. The number of nitrogens with zero attached hydrogens (tertiary/aromatic N) is 4. The second kappa shape index (κ2) is 13.0. The van der Waals surface area contributed by atoms with E-state index in [9.17, 15) is 4.79 Å². The summed E-state index contributed by atoms with van der Waals surface area (Å²) in [5, 5.41) is 11.2. The van der Waals surface area contributed by atoms with E-state index in [1.54, 1.807) is 0 Å². The fourth-order valence-electron chi connectivity index (χ4n) is 4.24. The molecule has 1 amide bonds. The van der Waals surface area contributed by atoms with E-state index in [1.165, 1.54) is 5.56 Å². The summed E-state index contributed by atoms with van der Waals surface area (Å²) < 4.78 is 5.70. The third-order valence-corrected chi connectivity index (χ3v) is 6.22. The monoisotopic (exact) mass is 461 g/mol. The van der Waals surface area contributed by atoms with Gasteiger partial charge < -0.3 is 14.6 Å². The van der Waals surface area contributed by atoms with E-state index < -0.39 is 0 Å². The van der Waals surface area contributed by atoms with Crippen molar-refractivity contribution in [2.24, 2.45) is 0 Å². The molecule has 1 aromatic heterocycles. The zero-order valence-corrected chi connectivity index (χ0v) is 19.9. The number of carbonyl (C=O) groups excluding carboxylic acids is 1. The van der Waals surface area contributed by atoms with Gasteiger partial charge >= 0.3 is 0 Å². The van der Waals surface area contributed by atoms with Crippen LogP contribution in [-0.4, -0.2) is 65.2 Å². The molecule has 7 heteroatoms. The van der Waals surface area contributed by atoms with E-state index in [0.717, 1.165) is 64.2 Å². The molecule has 4 rings (SSSR count). The summed E-state index contributed by atoms with van der Waals surface area (Å²) in [7, 11) is 0. The SMILES string of the molecule is O=C(CCCc1nnc(-c2ccccc2)o1)NCCCCN1CCN(Cc2ccccc2)CC1. The molecule has 0 aliphatic carbocycles. The molecular formula is C27H35N5O2. The highest BCUT2D eigenvalue weighted by Gasteiger charge is 2.16. The van der Waals surface area contributed by atoms with E-state index in [-0.39, 0.29) is 5.91 Å². The Bertz CT molecular complexity index is 985. The Kier molecular flexibility index (Phi) is 9.22. The smallest absolute Gasteiger partial charge is 0.247 e. The fraction of sp³-hybridized carbons (Fsp3) is 0.444. The molecule has 0 atom stereocenters. The average Bonchev–Trinajstić information content (AvgIpc) is 3.35. The fourth-order valence-corrected chi connectivity index (χ4v) is 4.24. The summed E-state index contributed by atoms with van der Waals surface area (Å²) in [5.74, 6) is 1.20. The lowest BCUT2D eigenvalue weighted by atomic mass is 10.2. The zero-order chi connectivity index (χ0) is 23.4. The van der Waals surface area contributed by atoms with E-state index in [0.29, 0.717) is 31.0 Å². The van der Waals surface area contributed by atoms with E-state index in [4.69, 9.17) is 4.42 Å². The molecule has 0 unspecified atom stereocenters. The molecule has 7 nitrogen and oxygen atoms in total. The second-order valence-electron chi connectivity index (χ2n) is 8.88. The highest BCUT2D eigenvalue weighted by molar-refractivity contribution is 5.75. The first-order chi connectivity index (χ1) is 16.8. The van der Waals surface area contributed by atoms with Gasteiger partial charge in [-0.15, -0.1) is 10.2 Å². The first kappa shape index (κ1) is 24.1. The number of piperazine rings is 1. The van der Waals surface area contributed by atoms with Gasteiger partial charge in [-0.05, 0) is 43.5 Å². The standard InChI is InChI=1S/C27H35N5O2/c33-25(14-9-15-26-29-30-27(34-26)24-12-5-2-6-13-24)28-16-7-8-17-31-18-20-32(21-19-31)22-23-10-3-1-4-11-23/h1-6,10-13H,7-9,14-22H2,(H,28,33). The van der Waals surface area contributed by atoms with Crippen LogP contribution in [-0.2, 0) is 17.8 Å². The lowest BCUT2D eigenvalue weighted by Gasteiger charge is -2.34. The van der Waals surface area contributed by atoms with Gasteiger partial charge in [-0.25, -0.2) is 0 Å². The number of unbranched alkanes of at least 4 members (excludes halogenated alkanes) is 1. The average molecular weight is 462 g/mol. The van der Waals surface area contributed by atoms with Crippen molar-refractivity contribution in [2.75, 3.05) is 39.3 Å². The van der Waals surface area contributed by atoms with Crippen LogP contribution in [0.15, 0.2) is 65.1 Å². The van der Waals surface area contributed by atoms with Crippen LogP contribution in [0, 0.1) is 0 Å². The molecule has 1 aliphatic heterocycles. The zero-order valence-electron chi connectivity index (χ0n) is 19.9. The van der Waals surface area contributed by atoms with E-state index in [1.807, 2.05) is 30.3 Å². The van der Waals surface area contributed by atoms with Crippen molar-refractivity contribution in [3.05, 3.63) is 72.1 Å². The second-order valence-corrected chi connectivity index (χ2v) is 8.88. The van der Waals surface area contributed by atoms with Gasteiger partial charge in [0.05, 0.1) is 0 Å². The summed E-state index contributed by atoms with van der Waals surface area (Å²) in [6.07, 6.45) is 3.93. The molecule has 1 aliphatic rings. The van der Waals surface area contributed by atoms with Gasteiger partial charge in [-0.1, -0.05) is 48.5 Å². The predicted octanol–water partition coefficient (Wildman–Crippen LogP) is 3.77. The number of benzene rings is 2. The molecule has 1 N–H and O–H groups in total. The van der Waals surface area contributed by atoms with Crippen molar-refractivity contribution >= 4 is 5.91 Å². The van der Waals surface area contributed by atoms with Crippen molar-refractivity contribution in [3.63, 3.8) is 0 Å². The predicted molar refractivity (Wildman–Crippen MR) is 133 cm³/mol. The van der Waals surface area contributed by atoms with Crippen molar-refractivity contribution in [1.82, 2.24) is 25.3 Å². The largest absolute Gasteiger partial charge is 0.421 e. The van der Waals surface area contributed by atoms with Crippen LogP contribution < -0.4 is 5.32 Å². The minimum Gasteiger partial charge on any atom is -0.421 e. The van der Waals surface area contributed by atoms with Crippen LogP contribution >= 0.6 is 0 Å². The number of nitrogens with one attached hydrogen (secondary N) is 1. The summed E-state index contributed by atoms with van der Waals surface area (Å²) in [6, 6.07) is 20.4. The van der Waals surface area contributed by atoms with Gasteiger partial charge in [0.25, 0.3) is 0 Å². The third kappa shape index (κ3) is 7.78. The van der Waals surface area contributed by atoms with Crippen molar-refractivity contribution in [2.45, 2.75) is 38.6 Å².